The second-order valence-corrected chi connectivity index (χ2v) is 5.19. The first kappa shape index (κ1) is 14.9. The molecular formula is C16H16ClF2N. The van der Waals surface area contributed by atoms with Crippen LogP contribution in [0.25, 0.3) is 0 Å². The van der Waals surface area contributed by atoms with Crippen molar-refractivity contribution < 1.29 is 8.78 Å². The number of hydrogen-bond donors (Lipinski definition) is 1. The van der Waals surface area contributed by atoms with Gasteiger partial charge in [0.25, 0.3) is 0 Å². The smallest absolute Gasteiger partial charge is 0.126 e. The minimum atomic E-state index is -0.414. The molecule has 20 heavy (non-hydrogen) atoms. The quantitative estimate of drug-likeness (QED) is 0.879. The third-order valence-corrected chi connectivity index (χ3v) is 3.53. The van der Waals surface area contributed by atoms with Crippen LogP contribution in [0.5, 0.6) is 0 Å². The molecule has 4 heteroatoms. The maximum Gasteiger partial charge on any atom is 0.126 e. The van der Waals surface area contributed by atoms with Gasteiger partial charge in [0, 0.05) is 11.1 Å². The summed E-state index contributed by atoms with van der Waals surface area (Å²) in [4.78, 5) is 0. The molecule has 1 atom stereocenters. The van der Waals surface area contributed by atoms with Crippen LogP contribution < -0.4 is 5.32 Å². The van der Waals surface area contributed by atoms with Crippen LogP contribution in [0.15, 0.2) is 42.5 Å². The molecule has 0 saturated heterocycles. The molecule has 1 N–H and O–H groups in total. The van der Waals surface area contributed by atoms with Gasteiger partial charge in [-0.3, -0.25) is 0 Å². The maximum absolute atomic E-state index is 13.6. The molecule has 1 nitrogen and oxygen atoms in total. The summed E-state index contributed by atoms with van der Waals surface area (Å²) in [5.41, 5.74) is 1.49. The molecule has 0 saturated carbocycles. The van der Waals surface area contributed by atoms with E-state index >= 15 is 0 Å². The lowest BCUT2D eigenvalue weighted by atomic mass is 9.99. The Hall–Kier alpha value is -1.45. The second-order valence-electron chi connectivity index (χ2n) is 4.76. The Balaban J connectivity index is 2.08. The molecular weight excluding hydrogens is 280 g/mol. The van der Waals surface area contributed by atoms with E-state index in [1.807, 2.05) is 31.3 Å². The number of benzene rings is 2. The van der Waals surface area contributed by atoms with E-state index < -0.39 is 5.82 Å². The number of nitrogens with one attached hydrogen (secondary N) is 1. The molecule has 0 spiro atoms. The van der Waals surface area contributed by atoms with E-state index in [4.69, 9.17) is 11.6 Å². The molecule has 2 rings (SSSR count). The average Bonchev–Trinajstić information content (AvgIpc) is 2.44. The predicted molar refractivity (Wildman–Crippen MR) is 78.1 cm³/mol. The van der Waals surface area contributed by atoms with Crippen molar-refractivity contribution in [1.82, 2.24) is 5.32 Å². The summed E-state index contributed by atoms with van der Waals surface area (Å²) in [6.07, 6.45) is 1.16. The van der Waals surface area contributed by atoms with Gasteiger partial charge < -0.3 is 5.32 Å². The molecule has 0 bridgehead atoms. The maximum atomic E-state index is 13.6. The highest BCUT2D eigenvalue weighted by molar-refractivity contribution is 6.30. The lowest BCUT2D eigenvalue weighted by Gasteiger charge is -2.17. The van der Waals surface area contributed by atoms with E-state index in [0.29, 0.717) is 17.0 Å². The van der Waals surface area contributed by atoms with Crippen molar-refractivity contribution in [2.75, 3.05) is 7.05 Å². The Kier molecular flexibility index (Phi) is 5.10. The van der Waals surface area contributed by atoms with Gasteiger partial charge in [0.2, 0.25) is 0 Å². The Bertz CT molecular complexity index is 569. The molecule has 2 aromatic rings. The van der Waals surface area contributed by atoms with Crippen molar-refractivity contribution in [2.45, 2.75) is 18.9 Å². The zero-order valence-electron chi connectivity index (χ0n) is 11.2. The Labute approximate surface area is 122 Å². The monoisotopic (exact) mass is 295 g/mol. The van der Waals surface area contributed by atoms with E-state index in [-0.39, 0.29) is 11.9 Å². The van der Waals surface area contributed by atoms with Gasteiger partial charge in [-0.1, -0.05) is 23.7 Å². The first-order valence-corrected chi connectivity index (χ1v) is 6.82. The fourth-order valence-corrected chi connectivity index (χ4v) is 2.27. The third kappa shape index (κ3) is 4.02. The van der Waals surface area contributed by atoms with Crippen LogP contribution in [0.1, 0.15) is 11.1 Å². The lowest BCUT2D eigenvalue weighted by Crippen LogP contribution is -2.30. The highest BCUT2D eigenvalue weighted by Crippen LogP contribution is 2.15. The minimum absolute atomic E-state index is 0.0347. The molecule has 1 unspecified atom stereocenters. The van der Waals surface area contributed by atoms with Gasteiger partial charge in [-0.2, -0.15) is 0 Å². The van der Waals surface area contributed by atoms with Crippen LogP contribution in [0.2, 0.25) is 5.02 Å². The van der Waals surface area contributed by atoms with E-state index in [0.717, 1.165) is 18.1 Å². The fraction of sp³-hybridized carbons (Fsp3) is 0.250. The summed E-state index contributed by atoms with van der Waals surface area (Å²) >= 11 is 5.84. The van der Waals surface area contributed by atoms with Crippen molar-refractivity contribution >= 4 is 11.6 Å². The van der Waals surface area contributed by atoms with Gasteiger partial charge in [0.1, 0.15) is 11.6 Å². The summed E-state index contributed by atoms with van der Waals surface area (Å²) in [5, 5.41) is 3.82. The average molecular weight is 296 g/mol. The van der Waals surface area contributed by atoms with Crippen LogP contribution in [0.4, 0.5) is 8.78 Å². The highest BCUT2D eigenvalue weighted by Gasteiger charge is 2.12. The predicted octanol–water partition coefficient (Wildman–Crippen LogP) is 3.99. The topological polar surface area (TPSA) is 12.0 Å². The molecule has 0 aliphatic carbocycles. The Morgan fingerprint density at radius 1 is 1.05 bits per heavy atom. The van der Waals surface area contributed by atoms with Gasteiger partial charge in [-0.15, -0.1) is 0 Å². The van der Waals surface area contributed by atoms with Crippen molar-refractivity contribution in [3.05, 3.63) is 70.2 Å². The summed E-state index contributed by atoms with van der Waals surface area (Å²) in [5.74, 6) is -0.787. The lowest BCUT2D eigenvalue weighted by molar-refractivity contribution is 0.525. The van der Waals surface area contributed by atoms with Gasteiger partial charge in [-0.05, 0) is 61.3 Å². The van der Waals surface area contributed by atoms with Crippen molar-refractivity contribution in [1.29, 1.82) is 0 Å². The largest absolute Gasteiger partial charge is 0.316 e. The molecule has 0 amide bonds. The van der Waals surface area contributed by atoms with E-state index in [9.17, 15) is 8.78 Å². The SMILES string of the molecule is CNC(Cc1ccc(Cl)cc1)Cc1cc(F)ccc1F. The molecule has 0 fully saturated rings. The van der Waals surface area contributed by atoms with Crippen LogP contribution >= 0.6 is 11.6 Å². The first-order chi connectivity index (χ1) is 9.58. The molecule has 0 radical (unpaired) electrons. The number of halogens is 3. The zero-order chi connectivity index (χ0) is 14.5. The van der Waals surface area contributed by atoms with Crippen LogP contribution in [-0.2, 0) is 12.8 Å². The van der Waals surface area contributed by atoms with Crippen LogP contribution in [0.3, 0.4) is 0 Å². The summed E-state index contributed by atoms with van der Waals surface area (Å²) in [6.45, 7) is 0. The normalized spacial score (nSPS) is 12.4. The number of hydrogen-bond acceptors (Lipinski definition) is 1. The third-order valence-electron chi connectivity index (χ3n) is 3.28. The molecule has 0 heterocycles. The molecule has 0 aromatic heterocycles. The summed E-state index contributed by atoms with van der Waals surface area (Å²) in [6, 6.07) is 11.1. The van der Waals surface area contributed by atoms with E-state index in [1.165, 1.54) is 12.1 Å². The zero-order valence-corrected chi connectivity index (χ0v) is 11.9. The van der Waals surface area contributed by atoms with E-state index in [2.05, 4.69) is 5.32 Å². The standard InChI is InChI=1S/C16H16ClF2N/c1-20-15(8-11-2-4-13(17)5-3-11)10-12-9-14(18)6-7-16(12)19/h2-7,9,15,20H,8,10H2,1H3. The highest BCUT2D eigenvalue weighted by atomic mass is 35.5. The van der Waals surface area contributed by atoms with Gasteiger partial charge in [0.05, 0.1) is 0 Å². The summed E-state index contributed by atoms with van der Waals surface area (Å²) < 4.78 is 26.8. The molecule has 2 aromatic carbocycles. The van der Waals surface area contributed by atoms with Crippen LogP contribution in [-0.4, -0.2) is 13.1 Å². The fourth-order valence-electron chi connectivity index (χ4n) is 2.15. The molecule has 0 aliphatic heterocycles. The minimum Gasteiger partial charge on any atom is -0.316 e. The van der Waals surface area contributed by atoms with Gasteiger partial charge >= 0.3 is 0 Å². The molecule has 106 valence electrons. The molecule has 0 aliphatic rings. The Morgan fingerprint density at radius 3 is 2.40 bits per heavy atom. The first-order valence-electron chi connectivity index (χ1n) is 6.44. The summed E-state index contributed by atoms with van der Waals surface area (Å²) in [7, 11) is 1.82. The number of likely N-dealkylation sites (N-methyl/N-ethyl adjacent to an activating group) is 1. The van der Waals surface area contributed by atoms with Crippen molar-refractivity contribution in [2.24, 2.45) is 0 Å². The van der Waals surface area contributed by atoms with Gasteiger partial charge in [0.15, 0.2) is 0 Å². The van der Waals surface area contributed by atoms with Crippen molar-refractivity contribution in [3.63, 3.8) is 0 Å². The van der Waals surface area contributed by atoms with Crippen molar-refractivity contribution in [3.8, 4) is 0 Å². The van der Waals surface area contributed by atoms with Crippen LogP contribution in [0, 0.1) is 11.6 Å². The number of rotatable bonds is 5. The second kappa shape index (κ2) is 6.82. The van der Waals surface area contributed by atoms with Gasteiger partial charge in [-0.25, -0.2) is 8.78 Å². The van der Waals surface area contributed by atoms with E-state index in [1.54, 1.807) is 0 Å². The Morgan fingerprint density at radius 2 is 1.75 bits per heavy atom.